The minimum absolute atomic E-state index is 0.438. The zero-order valence-corrected chi connectivity index (χ0v) is 11.8. The van der Waals surface area contributed by atoms with Crippen molar-refractivity contribution in [1.82, 2.24) is 5.32 Å². The second-order valence-electron chi connectivity index (χ2n) is 4.01. The molecule has 0 aliphatic heterocycles. The summed E-state index contributed by atoms with van der Waals surface area (Å²) in [6.45, 7) is 5.98. The lowest BCUT2D eigenvalue weighted by molar-refractivity contribution is 0.164. The van der Waals surface area contributed by atoms with Crippen LogP contribution < -0.4 is 5.32 Å². The van der Waals surface area contributed by atoms with E-state index < -0.39 is 0 Å². The van der Waals surface area contributed by atoms with Crippen LogP contribution in [0.2, 0.25) is 0 Å². The minimum atomic E-state index is 0.438. The maximum absolute atomic E-state index is 5.16. The fourth-order valence-corrected chi connectivity index (χ4v) is 2.11. The van der Waals surface area contributed by atoms with Crippen molar-refractivity contribution >= 4 is 15.9 Å². The van der Waals surface area contributed by atoms with Crippen molar-refractivity contribution in [1.29, 1.82) is 0 Å². The van der Waals surface area contributed by atoms with Gasteiger partial charge in [0.25, 0.3) is 0 Å². The monoisotopic (exact) mass is 285 g/mol. The molecule has 0 spiro atoms. The SMILES string of the molecule is CCC(COC)NCc1ccc(Br)cc1C. The second kappa shape index (κ2) is 7.05. The van der Waals surface area contributed by atoms with E-state index in [1.807, 2.05) is 0 Å². The first kappa shape index (κ1) is 13.7. The van der Waals surface area contributed by atoms with Crippen molar-refractivity contribution in [2.45, 2.75) is 32.9 Å². The molecule has 0 amide bonds. The molecule has 1 N–H and O–H groups in total. The molecule has 1 atom stereocenters. The Hall–Kier alpha value is -0.380. The highest BCUT2D eigenvalue weighted by molar-refractivity contribution is 9.10. The van der Waals surface area contributed by atoms with Crippen LogP contribution in [-0.4, -0.2) is 19.8 Å². The van der Waals surface area contributed by atoms with Gasteiger partial charge < -0.3 is 10.1 Å². The summed E-state index contributed by atoms with van der Waals surface area (Å²) in [5, 5.41) is 3.51. The molecule has 0 aromatic heterocycles. The Balaban J connectivity index is 2.53. The van der Waals surface area contributed by atoms with Gasteiger partial charge in [0, 0.05) is 24.2 Å². The Bertz CT molecular complexity index is 328. The lowest BCUT2D eigenvalue weighted by Gasteiger charge is -2.16. The van der Waals surface area contributed by atoms with Crippen LogP contribution in [0.4, 0.5) is 0 Å². The van der Waals surface area contributed by atoms with Crippen LogP contribution in [0, 0.1) is 6.92 Å². The zero-order chi connectivity index (χ0) is 12.0. The van der Waals surface area contributed by atoms with E-state index in [0.29, 0.717) is 6.04 Å². The molecule has 2 nitrogen and oxygen atoms in total. The summed E-state index contributed by atoms with van der Waals surface area (Å²) in [4.78, 5) is 0. The molecule has 1 aromatic rings. The van der Waals surface area contributed by atoms with Crippen LogP contribution in [0.1, 0.15) is 24.5 Å². The summed E-state index contributed by atoms with van der Waals surface area (Å²) in [6.07, 6.45) is 1.09. The van der Waals surface area contributed by atoms with E-state index >= 15 is 0 Å². The number of halogens is 1. The van der Waals surface area contributed by atoms with Crippen molar-refractivity contribution in [3.8, 4) is 0 Å². The third-order valence-electron chi connectivity index (χ3n) is 2.75. The lowest BCUT2D eigenvalue weighted by Crippen LogP contribution is -2.32. The molecular weight excluding hydrogens is 266 g/mol. The summed E-state index contributed by atoms with van der Waals surface area (Å²) in [7, 11) is 1.75. The third kappa shape index (κ3) is 4.24. The van der Waals surface area contributed by atoms with Gasteiger partial charge in [0.1, 0.15) is 0 Å². The van der Waals surface area contributed by atoms with Gasteiger partial charge in [0.2, 0.25) is 0 Å². The van der Waals surface area contributed by atoms with Gasteiger partial charge in [-0.05, 0) is 36.6 Å². The first-order valence-corrected chi connectivity index (χ1v) is 6.44. The fraction of sp³-hybridized carbons (Fsp3) is 0.538. The number of aryl methyl sites for hydroxylation is 1. The minimum Gasteiger partial charge on any atom is -0.383 e. The summed E-state index contributed by atoms with van der Waals surface area (Å²) >= 11 is 3.47. The van der Waals surface area contributed by atoms with E-state index in [-0.39, 0.29) is 0 Å². The van der Waals surface area contributed by atoms with Gasteiger partial charge >= 0.3 is 0 Å². The summed E-state index contributed by atoms with van der Waals surface area (Å²) in [6, 6.07) is 6.83. The van der Waals surface area contributed by atoms with Gasteiger partial charge in [-0.1, -0.05) is 28.9 Å². The Kier molecular flexibility index (Phi) is 6.03. The van der Waals surface area contributed by atoms with Crippen molar-refractivity contribution in [3.05, 3.63) is 33.8 Å². The molecule has 90 valence electrons. The molecule has 1 rings (SSSR count). The normalized spacial score (nSPS) is 12.8. The molecule has 3 heteroatoms. The van der Waals surface area contributed by atoms with Gasteiger partial charge in [-0.3, -0.25) is 0 Å². The number of nitrogens with one attached hydrogen (secondary N) is 1. The second-order valence-corrected chi connectivity index (χ2v) is 4.93. The van der Waals surface area contributed by atoms with Gasteiger partial charge in [-0.2, -0.15) is 0 Å². The predicted molar refractivity (Wildman–Crippen MR) is 71.7 cm³/mol. The van der Waals surface area contributed by atoms with Crippen LogP contribution in [0.25, 0.3) is 0 Å². The number of hydrogen-bond donors (Lipinski definition) is 1. The van der Waals surface area contributed by atoms with Gasteiger partial charge in [-0.15, -0.1) is 0 Å². The van der Waals surface area contributed by atoms with E-state index in [1.165, 1.54) is 11.1 Å². The standard InChI is InChI=1S/C13H20BrNO/c1-4-13(9-16-3)15-8-11-5-6-12(14)7-10(11)2/h5-7,13,15H,4,8-9H2,1-3H3. The Morgan fingerprint density at radius 2 is 2.19 bits per heavy atom. The average Bonchev–Trinajstić information content (AvgIpc) is 2.26. The maximum Gasteiger partial charge on any atom is 0.0615 e. The molecular formula is C13H20BrNO. The highest BCUT2D eigenvalue weighted by Crippen LogP contribution is 2.15. The Labute approximate surface area is 107 Å². The van der Waals surface area contributed by atoms with E-state index in [1.54, 1.807) is 7.11 Å². The zero-order valence-electron chi connectivity index (χ0n) is 10.2. The Morgan fingerprint density at radius 3 is 2.75 bits per heavy atom. The highest BCUT2D eigenvalue weighted by Gasteiger charge is 2.05. The lowest BCUT2D eigenvalue weighted by atomic mass is 10.1. The number of ether oxygens (including phenoxy) is 1. The smallest absolute Gasteiger partial charge is 0.0615 e. The highest BCUT2D eigenvalue weighted by atomic mass is 79.9. The van der Waals surface area contributed by atoms with Crippen molar-refractivity contribution in [3.63, 3.8) is 0 Å². The van der Waals surface area contributed by atoms with Gasteiger partial charge in [-0.25, -0.2) is 0 Å². The van der Waals surface area contributed by atoms with Gasteiger partial charge in [0.15, 0.2) is 0 Å². The predicted octanol–water partition coefficient (Wildman–Crippen LogP) is 3.27. The number of hydrogen-bond acceptors (Lipinski definition) is 2. The van der Waals surface area contributed by atoms with Crippen LogP contribution in [0.15, 0.2) is 22.7 Å². The molecule has 16 heavy (non-hydrogen) atoms. The topological polar surface area (TPSA) is 21.3 Å². The molecule has 0 saturated heterocycles. The largest absolute Gasteiger partial charge is 0.383 e. The number of methoxy groups -OCH3 is 1. The number of rotatable bonds is 6. The van der Waals surface area contributed by atoms with Crippen molar-refractivity contribution < 1.29 is 4.74 Å². The molecule has 0 aliphatic rings. The van der Waals surface area contributed by atoms with E-state index in [2.05, 4.69) is 53.3 Å². The molecule has 0 heterocycles. The quantitative estimate of drug-likeness (QED) is 0.866. The molecule has 0 bridgehead atoms. The van der Waals surface area contributed by atoms with Gasteiger partial charge in [0.05, 0.1) is 6.61 Å². The molecule has 0 fully saturated rings. The first-order chi connectivity index (χ1) is 7.67. The summed E-state index contributed by atoms with van der Waals surface area (Å²) < 4.78 is 6.30. The average molecular weight is 286 g/mol. The van der Waals surface area contributed by atoms with E-state index in [9.17, 15) is 0 Å². The molecule has 1 unspecified atom stereocenters. The fourth-order valence-electron chi connectivity index (χ4n) is 1.63. The van der Waals surface area contributed by atoms with E-state index in [4.69, 9.17) is 4.74 Å². The number of benzene rings is 1. The van der Waals surface area contributed by atoms with Crippen LogP contribution in [0.5, 0.6) is 0 Å². The third-order valence-corrected chi connectivity index (χ3v) is 3.24. The van der Waals surface area contributed by atoms with Crippen LogP contribution >= 0.6 is 15.9 Å². The molecule has 1 aromatic carbocycles. The summed E-state index contributed by atoms with van der Waals surface area (Å²) in [5.41, 5.74) is 2.66. The van der Waals surface area contributed by atoms with Crippen molar-refractivity contribution in [2.75, 3.05) is 13.7 Å². The Morgan fingerprint density at radius 1 is 1.44 bits per heavy atom. The van der Waals surface area contributed by atoms with E-state index in [0.717, 1.165) is 24.0 Å². The molecule has 0 radical (unpaired) electrons. The molecule has 0 aliphatic carbocycles. The molecule has 0 saturated carbocycles. The first-order valence-electron chi connectivity index (χ1n) is 5.64. The van der Waals surface area contributed by atoms with Crippen LogP contribution in [-0.2, 0) is 11.3 Å². The van der Waals surface area contributed by atoms with Crippen LogP contribution in [0.3, 0.4) is 0 Å². The summed E-state index contributed by atoms with van der Waals surface area (Å²) in [5.74, 6) is 0. The maximum atomic E-state index is 5.16. The van der Waals surface area contributed by atoms with Crippen molar-refractivity contribution in [2.24, 2.45) is 0 Å².